The fourth-order valence-electron chi connectivity index (χ4n) is 1.08. The fourth-order valence-corrected chi connectivity index (χ4v) is 2.24. The van der Waals surface area contributed by atoms with E-state index in [1.54, 1.807) is 0 Å². The summed E-state index contributed by atoms with van der Waals surface area (Å²) < 4.78 is 0. The topological polar surface area (TPSA) is 27.6 Å². The zero-order valence-corrected chi connectivity index (χ0v) is 9.90. The predicted molar refractivity (Wildman–Crippen MR) is 60.0 cm³/mol. The Labute approximate surface area is 85.0 Å². The summed E-state index contributed by atoms with van der Waals surface area (Å²) in [6.07, 6.45) is 0. The Morgan fingerprint density at radius 1 is 1.46 bits per heavy atom. The van der Waals surface area contributed by atoms with Gasteiger partial charge in [0.2, 0.25) is 0 Å². The standard InChI is InChI=1S/C9H19N3S/c1-9(2,3)7-6-10-8(13-7)11-12(4)5/h7H,6H2,1-5H3,(H,10,11). The van der Waals surface area contributed by atoms with Crippen molar-refractivity contribution in [1.82, 2.24) is 10.4 Å². The van der Waals surface area contributed by atoms with Gasteiger partial charge in [-0.1, -0.05) is 32.5 Å². The van der Waals surface area contributed by atoms with Crippen LogP contribution in [0.4, 0.5) is 0 Å². The van der Waals surface area contributed by atoms with Gasteiger partial charge in [0, 0.05) is 19.3 Å². The Bertz CT molecular complexity index is 205. The first kappa shape index (κ1) is 10.9. The van der Waals surface area contributed by atoms with Crippen LogP contribution in [0.2, 0.25) is 0 Å². The molecule has 3 nitrogen and oxygen atoms in total. The zero-order valence-electron chi connectivity index (χ0n) is 9.09. The van der Waals surface area contributed by atoms with Crippen molar-refractivity contribution in [3.05, 3.63) is 0 Å². The third-order valence-electron chi connectivity index (χ3n) is 1.94. The molecule has 0 radical (unpaired) electrons. The normalized spacial score (nSPS) is 23.5. The molecule has 1 aliphatic rings. The van der Waals surface area contributed by atoms with Crippen molar-refractivity contribution >= 4 is 16.9 Å². The van der Waals surface area contributed by atoms with Crippen molar-refractivity contribution in [2.45, 2.75) is 26.0 Å². The van der Waals surface area contributed by atoms with E-state index in [0.29, 0.717) is 10.7 Å². The van der Waals surface area contributed by atoms with Gasteiger partial charge in [0.1, 0.15) is 0 Å². The third kappa shape index (κ3) is 3.19. The molecule has 0 saturated carbocycles. The summed E-state index contributed by atoms with van der Waals surface area (Å²) in [5, 5.41) is 3.58. The van der Waals surface area contributed by atoms with Crippen molar-refractivity contribution in [3.63, 3.8) is 0 Å². The number of hydrogen-bond donors (Lipinski definition) is 1. The van der Waals surface area contributed by atoms with E-state index in [-0.39, 0.29) is 0 Å². The zero-order chi connectivity index (χ0) is 10.1. The van der Waals surface area contributed by atoms with Gasteiger partial charge in [-0.15, -0.1) is 0 Å². The van der Waals surface area contributed by atoms with Crippen molar-refractivity contribution in [1.29, 1.82) is 0 Å². The molecule has 13 heavy (non-hydrogen) atoms. The maximum atomic E-state index is 4.45. The average molecular weight is 201 g/mol. The third-order valence-corrected chi connectivity index (χ3v) is 3.52. The maximum Gasteiger partial charge on any atom is 0.171 e. The van der Waals surface area contributed by atoms with E-state index < -0.39 is 0 Å². The van der Waals surface area contributed by atoms with Gasteiger partial charge in [0.15, 0.2) is 5.17 Å². The van der Waals surface area contributed by atoms with Crippen LogP contribution in [0.15, 0.2) is 4.99 Å². The first-order valence-electron chi connectivity index (χ1n) is 4.54. The fraction of sp³-hybridized carbons (Fsp3) is 0.889. The van der Waals surface area contributed by atoms with Crippen LogP contribution in [0.1, 0.15) is 20.8 Å². The summed E-state index contributed by atoms with van der Waals surface area (Å²) in [5.41, 5.74) is 3.53. The molecule has 1 rings (SSSR count). The molecule has 0 aromatic carbocycles. The number of amidine groups is 1. The average Bonchev–Trinajstić information content (AvgIpc) is 2.32. The summed E-state index contributed by atoms with van der Waals surface area (Å²) >= 11 is 1.84. The van der Waals surface area contributed by atoms with E-state index >= 15 is 0 Å². The predicted octanol–water partition coefficient (Wildman–Crippen LogP) is 1.57. The Kier molecular flexibility index (Phi) is 3.24. The molecule has 0 aromatic rings. The van der Waals surface area contributed by atoms with Gasteiger partial charge >= 0.3 is 0 Å². The summed E-state index contributed by atoms with van der Waals surface area (Å²) in [6, 6.07) is 0. The van der Waals surface area contributed by atoms with Crippen LogP contribution >= 0.6 is 11.8 Å². The highest BCUT2D eigenvalue weighted by molar-refractivity contribution is 8.14. The highest BCUT2D eigenvalue weighted by atomic mass is 32.2. The molecule has 0 spiro atoms. The van der Waals surface area contributed by atoms with E-state index in [2.05, 4.69) is 31.2 Å². The molecule has 0 bridgehead atoms. The van der Waals surface area contributed by atoms with Crippen LogP contribution in [0.25, 0.3) is 0 Å². The molecule has 1 N–H and O–H groups in total. The molecule has 1 unspecified atom stereocenters. The van der Waals surface area contributed by atoms with Crippen LogP contribution in [0.5, 0.6) is 0 Å². The molecule has 1 aliphatic heterocycles. The minimum absolute atomic E-state index is 0.337. The second-order valence-electron chi connectivity index (χ2n) is 4.62. The van der Waals surface area contributed by atoms with Gasteiger partial charge in [0.05, 0.1) is 6.54 Å². The van der Waals surface area contributed by atoms with Crippen molar-refractivity contribution in [2.75, 3.05) is 20.6 Å². The largest absolute Gasteiger partial charge is 0.298 e. The number of hydrazine groups is 1. The molecule has 1 heterocycles. The summed E-state index contributed by atoms with van der Waals surface area (Å²) in [4.78, 5) is 4.45. The first-order valence-corrected chi connectivity index (χ1v) is 5.42. The van der Waals surface area contributed by atoms with Gasteiger partial charge in [-0.05, 0) is 5.41 Å². The minimum Gasteiger partial charge on any atom is -0.298 e. The van der Waals surface area contributed by atoms with Crippen LogP contribution in [0, 0.1) is 5.41 Å². The van der Waals surface area contributed by atoms with Gasteiger partial charge < -0.3 is 0 Å². The van der Waals surface area contributed by atoms with E-state index in [4.69, 9.17) is 0 Å². The molecule has 0 fully saturated rings. The van der Waals surface area contributed by atoms with E-state index in [1.165, 1.54) is 0 Å². The van der Waals surface area contributed by atoms with Crippen molar-refractivity contribution in [3.8, 4) is 0 Å². The lowest BCUT2D eigenvalue weighted by Gasteiger charge is -2.25. The SMILES string of the molecule is CN(C)NC1=NCC(C(C)(C)C)S1. The minimum atomic E-state index is 0.337. The van der Waals surface area contributed by atoms with Gasteiger partial charge in [-0.25, -0.2) is 5.01 Å². The monoisotopic (exact) mass is 201 g/mol. The summed E-state index contributed by atoms with van der Waals surface area (Å²) in [7, 11) is 3.96. The Hall–Kier alpha value is -0.220. The smallest absolute Gasteiger partial charge is 0.171 e. The van der Waals surface area contributed by atoms with Gasteiger partial charge in [0.25, 0.3) is 0 Å². The Morgan fingerprint density at radius 3 is 2.46 bits per heavy atom. The second-order valence-corrected chi connectivity index (χ2v) is 5.82. The highest BCUT2D eigenvalue weighted by Crippen LogP contribution is 2.34. The number of nitrogens with one attached hydrogen (secondary N) is 1. The van der Waals surface area contributed by atoms with Crippen molar-refractivity contribution in [2.24, 2.45) is 10.4 Å². The quantitative estimate of drug-likeness (QED) is 0.653. The molecule has 1 atom stereocenters. The van der Waals surface area contributed by atoms with Gasteiger partial charge in [-0.3, -0.25) is 10.4 Å². The lowest BCUT2D eigenvalue weighted by Crippen LogP contribution is -2.34. The number of rotatable bonds is 1. The second kappa shape index (κ2) is 3.88. The lowest BCUT2D eigenvalue weighted by atomic mass is 9.92. The van der Waals surface area contributed by atoms with Crippen LogP contribution in [-0.2, 0) is 0 Å². The molecule has 0 saturated heterocycles. The van der Waals surface area contributed by atoms with Crippen molar-refractivity contribution < 1.29 is 0 Å². The van der Waals surface area contributed by atoms with Gasteiger partial charge in [-0.2, -0.15) is 0 Å². The molecule has 0 amide bonds. The lowest BCUT2D eigenvalue weighted by molar-refractivity contribution is 0.365. The number of nitrogens with zero attached hydrogens (tertiary/aromatic N) is 2. The Morgan fingerprint density at radius 2 is 2.08 bits per heavy atom. The Balaban J connectivity index is 2.43. The molecule has 4 heteroatoms. The van der Waals surface area contributed by atoms with E-state index in [1.807, 2.05) is 30.9 Å². The number of aliphatic imine (C=N–C) groups is 1. The molecule has 0 aromatic heterocycles. The molecular formula is C9H19N3S. The molecular weight excluding hydrogens is 182 g/mol. The van der Waals surface area contributed by atoms with E-state index in [0.717, 1.165) is 11.7 Å². The number of thioether (sulfide) groups is 1. The summed E-state index contributed by atoms with van der Waals surface area (Å²) in [5.74, 6) is 0. The number of hydrogen-bond acceptors (Lipinski definition) is 4. The maximum absolute atomic E-state index is 4.45. The van der Waals surface area contributed by atoms with Crippen LogP contribution in [-0.4, -0.2) is 36.1 Å². The molecule has 0 aliphatic carbocycles. The summed E-state index contributed by atoms with van der Waals surface area (Å²) in [6.45, 7) is 7.72. The van der Waals surface area contributed by atoms with E-state index in [9.17, 15) is 0 Å². The van der Waals surface area contributed by atoms with Crippen LogP contribution in [0.3, 0.4) is 0 Å². The first-order chi connectivity index (χ1) is 5.89. The van der Waals surface area contributed by atoms with Crippen LogP contribution < -0.4 is 5.43 Å². The highest BCUT2D eigenvalue weighted by Gasteiger charge is 2.30. The molecule has 76 valence electrons.